The number of benzene rings is 2. The van der Waals surface area contributed by atoms with Gasteiger partial charge in [0, 0.05) is 6.04 Å². The molecule has 1 atom stereocenters. The van der Waals surface area contributed by atoms with E-state index in [0.717, 1.165) is 18.4 Å². The van der Waals surface area contributed by atoms with E-state index in [-0.39, 0.29) is 18.4 Å². The zero-order valence-corrected chi connectivity index (χ0v) is 13.8. The van der Waals surface area contributed by atoms with Gasteiger partial charge in [-0.05, 0) is 42.7 Å². The number of primary amides is 1. The molecule has 3 amide bonds. The largest absolute Gasteiger partial charge is 0.457 e. The molecule has 3 rings (SSSR count). The molecule has 2 aromatic carbocycles. The van der Waals surface area contributed by atoms with Crippen LogP contribution in [0, 0.1) is 0 Å². The maximum absolute atomic E-state index is 12.1. The van der Waals surface area contributed by atoms with Crippen molar-refractivity contribution in [2.75, 3.05) is 0 Å². The number of nitrogens with two attached hydrogens (primary N) is 1. The number of rotatable bonds is 7. The molecule has 6 nitrogen and oxygen atoms in total. The number of para-hydroxylation sites is 1. The molecule has 25 heavy (non-hydrogen) atoms. The third-order valence-electron chi connectivity index (χ3n) is 3.89. The summed E-state index contributed by atoms with van der Waals surface area (Å²) in [5.41, 5.74) is 6.03. The zero-order chi connectivity index (χ0) is 17.6. The number of hydrogen-bond donors (Lipinski definition) is 3. The fourth-order valence-electron chi connectivity index (χ4n) is 2.54. The first-order valence-electron chi connectivity index (χ1n) is 8.28. The van der Waals surface area contributed by atoms with Crippen molar-refractivity contribution in [2.45, 2.75) is 31.3 Å². The third-order valence-corrected chi connectivity index (χ3v) is 3.89. The van der Waals surface area contributed by atoms with Gasteiger partial charge in [0.1, 0.15) is 11.5 Å². The molecule has 0 spiro atoms. The van der Waals surface area contributed by atoms with Crippen molar-refractivity contribution in [1.82, 2.24) is 10.6 Å². The second-order valence-electron chi connectivity index (χ2n) is 6.09. The minimum atomic E-state index is -0.668. The highest BCUT2D eigenvalue weighted by Gasteiger charge is 2.25. The molecule has 1 saturated carbocycles. The van der Waals surface area contributed by atoms with E-state index in [2.05, 4.69) is 10.6 Å². The lowest BCUT2D eigenvalue weighted by Gasteiger charge is -2.18. The van der Waals surface area contributed by atoms with Crippen molar-refractivity contribution in [3.8, 4) is 11.5 Å². The van der Waals surface area contributed by atoms with Crippen molar-refractivity contribution < 1.29 is 14.3 Å². The lowest BCUT2D eigenvalue weighted by molar-refractivity contribution is -0.121. The van der Waals surface area contributed by atoms with Gasteiger partial charge in [0.15, 0.2) is 0 Å². The molecule has 0 aromatic heterocycles. The number of amides is 3. The Morgan fingerprint density at radius 3 is 2.48 bits per heavy atom. The molecule has 1 fully saturated rings. The highest BCUT2D eigenvalue weighted by atomic mass is 16.5. The van der Waals surface area contributed by atoms with Gasteiger partial charge in [-0.15, -0.1) is 0 Å². The summed E-state index contributed by atoms with van der Waals surface area (Å²) in [6, 6.07) is 15.8. The molecular formula is C19H21N3O3. The second-order valence-corrected chi connectivity index (χ2v) is 6.09. The van der Waals surface area contributed by atoms with Crippen LogP contribution in [0.2, 0.25) is 0 Å². The van der Waals surface area contributed by atoms with E-state index in [0.29, 0.717) is 11.5 Å². The number of carbonyl (C=O) groups is 2. The van der Waals surface area contributed by atoms with Gasteiger partial charge >= 0.3 is 6.03 Å². The summed E-state index contributed by atoms with van der Waals surface area (Å²) in [6.07, 6.45) is 2.16. The van der Waals surface area contributed by atoms with Crippen LogP contribution in [-0.4, -0.2) is 18.0 Å². The SMILES string of the molecule is NC(=O)N[C@H](CC(=O)NC1CC1)c1cccc(Oc2ccccc2)c1. The van der Waals surface area contributed by atoms with E-state index in [1.54, 1.807) is 6.07 Å². The van der Waals surface area contributed by atoms with E-state index >= 15 is 0 Å². The highest BCUT2D eigenvalue weighted by Crippen LogP contribution is 2.26. The number of nitrogens with one attached hydrogen (secondary N) is 2. The van der Waals surface area contributed by atoms with Gasteiger partial charge in [0.05, 0.1) is 12.5 Å². The molecule has 0 bridgehead atoms. The van der Waals surface area contributed by atoms with Gasteiger partial charge in [0.2, 0.25) is 5.91 Å². The molecule has 0 radical (unpaired) electrons. The molecule has 130 valence electrons. The van der Waals surface area contributed by atoms with Gasteiger partial charge < -0.3 is 21.1 Å². The van der Waals surface area contributed by atoms with Crippen LogP contribution in [0.5, 0.6) is 11.5 Å². The summed E-state index contributed by atoms with van der Waals surface area (Å²) >= 11 is 0. The third kappa shape index (κ3) is 5.24. The predicted octanol–water partition coefficient (Wildman–Crippen LogP) is 2.86. The van der Waals surface area contributed by atoms with Crippen molar-refractivity contribution in [3.63, 3.8) is 0 Å². The standard InChI is InChI=1S/C19H21N3O3/c20-19(24)22-17(12-18(23)21-14-9-10-14)13-5-4-8-16(11-13)25-15-6-2-1-3-7-15/h1-8,11,14,17H,9-10,12H2,(H,21,23)(H3,20,22,24)/t17-/m1/s1. The second kappa shape index (κ2) is 7.70. The predicted molar refractivity (Wildman–Crippen MR) is 94.2 cm³/mol. The Hall–Kier alpha value is -3.02. The maximum atomic E-state index is 12.1. The number of urea groups is 1. The van der Waals surface area contributed by atoms with Gasteiger partial charge in [-0.25, -0.2) is 4.79 Å². The zero-order valence-electron chi connectivity index (χ0n) is 13.8. The minimum absolute atomic E-state index is 0.101. The maximum Gasteiger partial charge on any atom is 0.312 e. The van der Waals surface area contributed by atoms with E-state index in [9.17, 15) is 9.59 Å². The Labute approximate surface area is 146 Å². The first kappa shape index (κ1) is 16.8. The summed E-state index contributed by atoms with van der Waals surface area (Å²) in [6.45, 7) is 0. The first-order valence-corrected chi connectivity index (χ1v) is 8.28. The molecule has 1 aliphatic rings. The molecule has 0 saturated heterocycles. The first-order chi connectivity index (χ1) is 12.1. The van der Waals surface area contributed by atoms with Crippen LogP contribution in [0.1, 0.15) is 30.9 Å². The topological polar surface area (TPSA) is 93.5 Å². The summed E-state index contributed by atoms with van der Waals surface area (Å²) < 4.78 is 5.81. The molecule has 0 heterocycles. The van der Waals surface area contributed by atoms with E-state index in [1.165, 1.54) is 0 Å². The molecular weight excluding hydrogens is 318 g/mol. The Balaban J connectivity index is 1.73. The quantitative estimate of drug-likeness (QED) is 0.724. The van der Waals surface area contributed by atoms with Crippen LogP contribution in [0.4, 0.5) is 4.79 Å². The average Bonchev–Trinajstić information content (AvgIpc) is 3.39. The van der Waals surface area contributed by atoms with Crippen LogP contribution in [-0.2, 0) is 4.79 Å². The Kier molecular flexibility index (Phi) is 5.18. The van der Waals surface area contributed by atoms with Crippen LogP contribution in [0.15, 0.2) is 54.6 Å². The minimum Gasteiger partial charge on any atom is -0.457 e. The molecule has 0 unspecified atom stereocenters. The molecule has 1 aliphatic carbocycles. The van der Waals surface area contributed by atoms with Gasteiger partial charge in [-0.2, -0.15) is 0 Å². The number of ether oxygens (including phenoxy) is 1. The van der Waals surface area contributed by atoms with E-state index in [1.807, 2.05) is 48.5 Å². The summed E-state index contributed by atoms with van der Waals surface area (Å²) in [4.78, 5) is 23.4. The van der Waals surface area contributed by atoms with Gasteiger partial charge in [0.25, 0.3) is 0 Å². The number of hydrogen-bond acceptors (Lipinski definition) is 3. The van der Waals surface area contributed by atoms with E-state index < -0.39 is 12.1 Å². The lowest BCUT2D eigenvalue weighted by Crippen LogP contribution is -2.37. The van der Waals surface area contributed by atoms with Crippen molar-refractivity contribution in [3.05, 3.63) is 60.2 Å². The lowest BCUT2D eigenvalue weighted by atomic mass is 10.0. The highest BCUT2D eigenvalue weighted by molar-refractivity contribution is 5.79. The van der Waals surface area contributed by atoms with Crippen LogP contribution < -0.4 is 21.1 Å². The monoisotopic (exact) mass is 339 g/mol. The van der Waals surface area contributed by atoms with Crippen molar-refractivity contribution >= 4 is 11.9 Å². The summed E-state index contributed by atoms with van der Waals surface area (Å²) in [5, 5.41) is 5.55. The number of carbonyl (C=O) groups excluding carboxylic acids is 2. The summed E-state index contributed by atoms with van der Waals surface area (Å²) in [5.74, 6) is 1.24. The average molecular weight is 339 g/mol. The fraction of sp³-hybridized carbons (Fsp3) is 0.263. The molecule has 0 aliphatic heterocycles. The Bertz CT molecular complexity index is 745. The Morgan fingerprint density at radius 1 is 1.08 bits per heavy atom. The van der Waals surface area contributed by atoms with Crippen LogP contribution in [0.3, 0.4) is 0 Å². The van der Waals surface area contributed by atoms with Crippen molar-refractivity contribution in [2.24, 2.45) is 5.73 Å². The molecule has 4 N–H and O–H groups in total. The van der Waals surface area contributed by atoms with Crippen LogP contribution in [0.25, 0.3) is 0 Å². The van der Waals surface area contributed by atoms with E-state index in [4.69, 9.17) is 10.5 Å². The normalized spacial score (nSPS) is 14.4. The summed E-state index contributed by atoms with van der Waals surface area (Å²) in [7, 11) is 0. The molecule has 6 heteroatoms. The van der Waals surface area contributed by atoms with Crippen LogP contribution >= 0.6 is 0 Å². The van der Waals surface area contributed by atoms with Gasteiger partial charge in [-0.3, -0.25) is 4.79 Å². The Morgan fingerprint density at radius 2 is 1.80 bits per heavy atom. The smallest absolute Gasteiger partial charge is 0.312 e. The van der Waals surface area contributed by atoms with Crippen molar-refractivity contribution in [1.29, 1.82) is 0 Å². The molecule has 2 aromatic rings. The fourth-order valence-corrected chi connectivity index (χ4v) is 2.54. The van der Waals surface area contributed by atoms with Gasteiger partial charge in [-0.1, -0.05) is 30.3 Å².